The molecular weight excluding hydrogens is 830 g/mol. The normalized spacial score (nSPS) is 23.2. The molecule has 2 atom stereocenters. The second-order valence-electron chi connectivity index (χ2n) is 18.3. The largest absolute Gasteiger partial charge is 0.490 e. The van der Waals surface area contributed by atoms with Crippen LogP contribution in [0.4, 0.5) is 21.5 Å². The maximum absolute atomic E-state index is 15.7. The second kappa shape index (κ2) is 18.6. The number of amides is 5. The van der Waals surface area contributed by atoms with Crippen LogP contribution in [-0.4, -0.2) is 133 Å². The summed E-state index contributed by atoms with van der Waals surface area (Å²) in [4.78, 5) is 82.4. The molecule has 5 heterocycles. The van der Waals surface area contributed by atoms with E-state index in [-0.39, 0.29) is 48.1 Å². The molecule has 1 aromatic heterocycles. The van der Waals surface area contributed by atoms with E-state index in [9.17, 15) is 24.0 Å². The summed E-state index contributed by atoms with van der Waals surface area (Å²) in [6, 6.07) is 16.6. The number of rotatable bonds is 11. The van der Waals surface area contributed by atoms with E-state index in [1.165, 1.54) is 6.07 Å². The van der Waals surface area contributed by atoms with Gasteiger partial charge < -0.3 is 24.8 Å². The first kappa shape index (κ1) is 43.8. The predicted octanol–water partition coefficient (Wildman–Crippen LogP) is 5.41. The Kier molecular flexibility index (Phi) is 12.5. The van der Waals surface area contributed by atoms with Gasteiger partial charge in [0.2, 0.25) is 17.5 Å². The molecule has 15 nitrogen and oxygen atoms in total. The van der Waals surface area contributed by atoms with Crippen molar-refractivity contribution in [3.8, 4) is 5.75 Å². The zero-order valence-corrected chi connectivity index (χ0v) is 36.8. The second-order valence-corrected chi connectivity index (χ2v) is 18.3. The molecule has 5 aliphatic rings. The predicted molar refractivity (Wildman–Crippen MR) is 243 cm³/mol. The lowest BCUT2D eigenvalue weighted by atomic mass is 9.92. The van der Waals surface area contributed by atoms with Crippen LogP contribution in [0.25, 0.3) is 15.7 Å². The van der Waals surface area contributed by atoms with Crippen LogP contribution in [0.15, 0.2) is 66.9 Å². The van der Waals surface area contributed by atoms with Crippen molar-refractivity contribution in [3.05, 3.63) is 101 Å². The number of halogens is 1. The third-order valence-corrected chi connectivity index (χ3v) is 13.8. The number of piperidine rings is 2. The number of pyridine rings is 1. The van der Waals surface area contributed by atoms with Gasteiger partial charge >= 0.3 is 0 Å². The molecule has 5 amide bonds. The van der Waals surface area contributed by atoms with Crippen molar-refractivity contribution in [1.29, 1.82) is 0 Å². The average Bonchev–Trinajstić information content (AvgIpc) is 3.55. The third kappa shape index (κ3) is 9.12. The Bertz CT molecular complexity index is 2560. The summed E-state index contributed by atoms with van der Waals surface area (Å²) in [5.41, 5.74) is 3.33. The molecule has 2 N–H and O–H groups in total. The first-order valence-electron chi connectivity index (χ1n) is 22.7. The van der Waals surface area contributed by atoms with Gasteiger partial charge in [-0.25, -0.2) is 9.24 Å². The lowest BCUT2D eigenvalue weighted by Gasteiger charge is -2.45. The van der Waals surface area contributed by atoms with E-state index in [2.05, 4.69) is 54.2 Å². The summed E-state index contributed by atoms with van der Waals surface area (Å²) in [7, 11) is 4.12. The van der Waals surface area contributed by atoms with Gasteiger partial charge in [0, 0.05) is 87.2 Å². The molecule has 1 saturated carbocycles. The van der Waals surface area contributed by atoms with E-state index in [1.807, 2.05) is 24.3 Å². The summed E-state index contributed by atoms with van der Waals surface area (Å²) in [5, 5.41) is 6.18. The SMILES string of the molecule is [C-]#[N+]c1ccc(OC2CCC(NC(=O)c3ccc(N4CCC(CN5CCN(c6ccc7c(c6)C(=O)N(C6CCC(=O)NC6=O)C7=O)C[C@H]5CN(C)C)CC4)c(F)c3)CC2)c2cccnc12. The molecule has 0 spiro atoms. The summed E-state index contributed by atoms with van der Waals surface area (Å²) in [5.74, 6) is -1.60. The van der Waals surface area contributed by atoms with Crippen molar-refractivity contribution >= 4 is 57.5 Å². The fraction of sp³-hybridized carbons (Fsp3) is 0.449. The van der Waals surface area contributed by atoms with Crippen molar-refractivity contribution in [2.75, 3.05) is 69.7 Å². The van der Waals surface area contributed by atoms with E-state index in [0.717, 1.165) is 87.2 Å². The Balaban J connectivity index is 0.753. The molecule has 4 fully saturated rings. The van der Waals surface area contributed by atoms with Gasteiger partial charge in [0.05, 0.1) is 35.0 Å². The highest BCUT2D eigenvalue weighted by molar-refractivity contribution is 6.23. The third-order valence-electron chi connectivity index (χ3n) is 13.8. The van der Waals surface area contributed by atoms with Crippen LogP contribution in [0.3, 0.4) is 0 Å². The highest BCUT2D eigenvalue weighted by Crippen LogP contribution is 2.36. The molecule has 65 heavy (non-hydrogen) atoms. The number of nitrogens with zero attached hydrogens (tertiary/aromatic N) is 7. The highest BCUT2D eigenvalue weighted by Gasteiger charge is 2.45. The van der Waals surface area contributed by atoms with E-state index < -0.39 is 35.5 Å². The first-order chi connectivity index (χ1) is 31.4. The number of nitrogens with one attached hydrogen (secondary N) is 2. The molecule has 9 rings (SSSR count). The Labute approximate surface area is 377 Å². The lowest BCUT2D eigenvalue weighted by molar-refractivity contribution is -0.136. The van der Waals surface area contributed by atoms with Crippen molar-refractivity contribution in [3.63, 3.8) is 0 Å². The van der Waals surface area contributed by atoms with Gasteiger partial charge in [0.1, 0.15) is 17.6 Å². The van der Waals surface area contributed by atoms with Gasteiger partial charge in [-0.3, -0.25) is 44.1 Å². The Morgan fingerprint density at radius 3 is 2.43 bits per heavy atom. The van der Waals surface area contributed by atoms with Crippen LogP contribution in [0.5, 0.6) is 5.75 Å². The number of hydrogen-bond acceptors (Lipinski definition) is 11. The van der Waals surface area contributed by atoms with Crippen LogP contribution < -0.4 is 25.2 Å². The maximum atomic E-state index is 15.7. The van der Waals surface area contributed by atoms with E-state index >= 15 is 4.39 Å². The molecule has 1 unspecified atom stereocenters. The number of imide groups is 2. The number of piperazine rings is 1. The quantitative estimate of drug-likeness (QED) is 0.147. The van der Waals surface area contributed by atoms with Crippen molar-refractivity contribution < 1.29 is 33.1 Å². The highest BCUT2D eigenvalue weighted by atomic mass is 19.1. The van der Waals surface area contributed by atoms with Crippen LogP contribution in [-0.2, 0) is 9.59 Å². The van der Waals surface area contributed by atoms with Crippen molar-refractivity contribution in [2.24, 2.45) is 5.92 Å². The van der Waals surface area contributed by atoms with Gasteiger partial charge in [0.25, 0.3) is 17.7 Å². The van der Waals surface area contributed by atoms with Gasteiger partial charge in [-0.2, -0.15) is 0 Å². The van der Waals surface area contributed by atoms with Gasteiger partial charge in [-0.1, -0.05) is 6.07 Å². The number of carbonyl (C=O) groups is 5. The monoisotopic (exact) mass is 883 g/mol. The summed E-state index contributed by atoms with van der Waals surface area (Å²) in [6.45, 7) is 12.9. The molecular formula is C49H54FN9O6. The number of ether oxygens (including phenoxy) is 1. The first-order valence-corrected chi connectivity index (χ1v) is 22.7. The Morgan fingerprint density at radius 1 is 0.908 bits per heavy atom. The molecule has 0 bridgehead atoms. The Morgan fingerprint density at radius 2 is 1.69 bits per heavy atom. The molecule has 4 aliphatic heterocycles. The van der Waals surface area contributed by atoms with E-state index in [1.54, 1.807) is 36.5 Å². The minimum Gasteiger partial charge on any atom is -0.490 e. The summed E-state index contributed by atoms with van der Waals surface area (Å²) < 4.78 is 22.1. The van der Waals surface area contributed by atoms with Crippen LogP contribution >= 0.6 is 0 Å². The zero-order chi connectivity index (χ0) is 45.4. The fourth-order valence-electron chi connectivity index (χ4n) is 10.3. The number of anilines is 2. The van der Waals surface area contributed by atoms with Gasteiger partial charge in [0.15, 0.2) is 0 Å². The number of hydrogen-bond donors (Lipinski definition) is 2. The molecule has 3 saturated heterocycles. The molecule has 1 aliphatic carbocycles. The van der Waals surface area contributed by atoms with Crippen LogP contribution in [0.2, 0.25) is 0 Å². The number of aromatic nitrogens is 1. The number of carbonyl (C=O) groups excluding carboxylic acids is 5. The minimum atomic E-state index is -1.00. The lowest BCUT2D eigenvalue weighted by Crippen LogP contribution is -2.58. The van der Waals surface area contributed by atoms with Gasteiger partial charge in [-0.05, 0) is 120 Å². The minimum absolute atomic E-state index is 0.0231. The van der Waals surface area contributed by atoms with E-state index in [4.69, 9.17) is 11.3 Å². The number of benzene rings is 3. The number of fused-ring (bicyclic) bond motifs is 2. The van der Waals surface area contributed by atoms with Crippen molar-refractivity contribution in [2.45, 2.75) is 75.6 Å². The standard InChI is InChI=1S/C49H54FN9O6/c1-51-40-13-16-43(37-5-4-20-52-45(37)40)65-35-10-7-32(8-11-35)53-46(61)31-6-14-41(39(50)25-31)56-21-18-30(19-22-56)27-57-23-24-58(29-34(57)28-55(2)3)33-9-12-36-38(26-33)49(64)59(48(36)63)42-15-17-44(60)54-47(42)62/h4-6,9,12-14,16,20,25-26,30,32,34-35,42H,7-8,10-11,15,17-19,21-24,27-29H2,2-3H3,(H,53,61)(H,54,60,62)/t32?,34-,35?,42?/m1/s1. The Hall–Kier alpha value is -6.44. The van der Waals surface area contributed by atoms with Gasteiger partial charge in [-0.15, -0.1) is 0 Å². The molecule has 0 radical (unpaired) electrons. The van der Waals surface area contributed by atoms with Crippen molar-refractivity contribution in [1.82, 2.24) is 30.3 Å². The molecule has 4 aromatic rings. The zero-order valence-electron chi connectivity index (χ0n) is 36.8. The topological polar surface area (TPSA) is 152 Å². The maximum Gasteiger partial charge on any atom is 0.262 e. The van der Waals surface area contributed by atoms with Crippen LogP contribution in [0.1, 0.15) is 82.4 Å². The molecule has 3 aromatic carbocycles. The number of likely N-dealkylation sites (N-methyl/N-ethyl adjacent to an activating group) is 1. The van der Waals surface area contributed by atoms with E-state index in [0.29, 0.717) is 47.2 Å². The average molecular weight is 884 g/mol. The summed E-state index contributed by atoms with van der Waals surface area (Å²) >= 11 is 0. The molecule has 338 valence electrons. The smallest absolute Gasteiger partial charge is 0.262 e. The van der Waals surface area contributed by atoms with Crippen LogP contribution in [0, 0.1) is 18.3 Å². The fourth-order valence-corrected chi connectivity index (χ4v) is 10.3. The molecule has 16 heteroatoms. The summed E-state index contributed by atoms with van der Waals surface area (Å²) in [6.07, 6.45) is 6.64.